The molecule has 1 aromatic rings. The molecule has 2 rings (SSSR count). The van der Waals surface area contributed by atoms with Gasteiger partial charge in [-0.2, -0.15) is 0 Å². The highest BCUT2D eigenvalue weighted by Gasteiger charge is 2.37. The van der Waals surface area contributed by atoms with E-state index in [-0.39, 0.29) is 12.1 Å². The largest absolute Gasteiger partial charge is 0.497 e. The molecule has 1 saturated carbocycles. The Bertz CT molecular complexity index is 418. The van der Waals surface area contributed by atoms with Gasteiger partial charge >= 0.3 is 0 Å². The standard InChI is InChI=1S/C15H23NO3/c1-4-19-15(10-5-6-10)14(16)12-9-11(17-2)7-8-13(12)18-3/h7-10,14-15H,4-6,16H2,1-3H3. The molecule has 0 saturated heterocycles. The van der Waals surface area contributed by atoms with E-state index < -0.39 is 0 Å². The predicted molar refractivity (Wildman–Crippen MR) is 74.6 cm³/mol. The number of ether oxygens (including phenoxy) is 3. The van der Waals surface area contributed by atoms with Crippen molar-refractivity contribution in [3.63, 3.8) is 0 Å². The fourth-order valence-corrected chi connectivity index (χ4v) is 2.43. The van der Waals surface area contributed by atoms with E-state index in [1.807, 2.05) is 25.1 Å². The van der Waals surface area contributed by atoms with Gasteiger partial charge < -0.3 is 19.9 Å². The van der Waals surface area contributed by atoms with Crippen LogP contribution in [-0.4, -0.2) is 26.9 Å². The molecule has 0 aliphatic heterocycles. The normalized spacial score (nSPS) is 17.9. The Balaban J connectivity index is 2.26. The highest BCUT2D eigenvalue weighted by Crippen LogP contribution is 2.41. The number of methoxy groups -OCH3 is 2. The maximum atomic E-state index is 6.41. The molecule has 0 heterocycles. The average molecular weight is 265 g/mol. The van der Waals surface area contributed by atoms with Gasteiger partial charge in [0.05, 0.1) is 26.4 Å². The Morgan fingerprint density at radius 3 is 2.53 bits per heavy atom. The molecule has 4 nitrogen and oxygen atoms in total. The second-order valence-electron chi connectivity index (χ2n) is 4.89. The van der Waals surface area contributed by atoms with Gasteiger partial charge in [0, 0.05) is 12.2 Å². The van der Waals surface area contributed by atoms with Crippen LogP contribution in [-0.2, 0) is 4.74 Å². The molecule has 1 aliphatic carbocycles. The van der Waals surface area contributed by atoms with E-state index in [0.717, 1.165) is 17.1 Å². The Labute approximate surface area is 114 Å². The van der Waals surface area contributed by atoms with Crippen molar-refractivity contribution < 1.29 is 14.2 Å². The van der Waals surface area contributed by atoms with Crippen LogP contribution < -0.4 is 15.2 Å². The van der Waals surface area contributed by atoms with Crippen molar-refractivity contribution in [2.24, 2.45) is 11.7 Å². The number of benzene rings is 1. The number of hydrogen-bond donors (Lipinski definition) is 1. The van der Waals surface area contributed by atoms with E-state index in [9.17, 15) is 0 Å². The van der Waals surface area contributed by atoms with Crippen LogP contribution in [0.25, 0.3) is 0 Å². The van der Waals surface area contributed by atoms with E-state index in [1.54, 1.807) is 14.2 Å². The van der Waals surface area contributed by atoms with Crippen molar-refractivity contribution in [2.45, 2.75) is 31.9 Å². The molecule has 0 radical (unpaired) electrons. The summed E-state index contributed by atoms with van der Waals surface area (Å²) in [5.41, 5.74) is 7.36. The number of rotatable bonds is 7. The van der Waals surface area contributed by atoms with Gasteiger partial charge in [-0.1, -0.05) is 0 Å². The first-order chi connectivity index (χ1) is 9.21. The summed E-state index contributed by atoms with van der Waals surface area (Å²) in [6.45, 7) is 2.69. The van der Waals surface area contributed by atoms with Crippen molar-refractivity contribution >= 4 is 0 Å². The zero-order chi connectivity index (χ0) is 13.8. The molecule has 4 heteroatoms. The summed E-state index contributed by atoms with van der Waals surface area (Å²) >= 11 is 0. The van der Waals surface area contributed by atoms with Gasteiger partial charge in [-0.25, -0.2) is 0 Å². The van der Waals surface area contributed by atoms with Crippen LogP contribution in [0, 0.1) is 5.92 Å². The van der Waals surface area contributed by atoms with Crippen LogP contribution in [0.3, 0.4) is 0 Å². The molecule has 2 unspecified atom stereocenters. The van der Waals surface area contributed by atoms with Crippen LogP contribution >= 0.6 is 0 Å². The topological polar surface area (TPSA) is 53.7 Å². The van der Waals surface area contributed by atoms with Crippen molar-refractivity contribution in [3.05, 3.63) is 23.8 Å². The van der Waals surface area contributed by atoms with Crippen molar-refractivity contribution in [3.8, 4) is 11.5 Å². The lowest BCUT2D eigenvalue weighted by Crippen LogP contribution is -2.31. The van der Waals surface area contributed by atoms with Crippen LogP contribution in [0.15, 0.2) is 18.2 Å². The van der Waals surface area contributed by atoms with Gasteiger partial charge in [0.15, 0.2) is 0 Å². The fraction of sp³-hybridized carbons (Fsp3) is 0.600. The van der Waals surface area contributed by atoms with E-state index >= 15 is 0 Å². The molecule has 1 fully saturated rings. The van der Waals surface area contributed by atoms with Gasteiger partial charge in [-0.05, 0) is 43.9 Å². The zero-order valence-corrected chi connectivity index (χ0v) is 11.9. The second-order valence-corrected chi connectivity index (χ2v) is 4.89. The minimum Gasteiger partial charge on any atom is -0.497 e. The first-order valence-corrected chi connectivity index (χ1v) is 6.80. The molecular weight excluding hydrogens is 242 g/mol. The molecule has 0 bridgehead atoms. The van der Waals surface area contributed by atoms with Gasteiger partial charge in [0.1, 0.15) is 11.5 Å². The summed E-state index contributed by atoms with van der Waals surface area (Å²) in [6.07, 6.45) is 2.46. The summed E-state index contributed by atoms with van der Waals surface area (Å²) in [5.74, 6) is 2.15. The van der Waals surface area contributed by atoms with Crippen molar-refractivity contribution in [1.29, 1.82) is 0 Å². The summed E-state index contributed by atoms with van der Waals surface area (Å²) in [5, 5.41) is 0. The quantitative estimate of drug-likeness (QED) is 0.823. The lowest BCUT2D eigenvalue weighted by Gasteiger charge is -2.25. The highest BCUT2D eigenvalue weighted by atomic mass is 16.5. The van der Waals surface area contributed by atoms with Crippen molar-refractivity contribution in [1.82, 2.24) is 0 Å². The molecule has 2 atom stereocenters. The van der Waals surface area contributed by atoms with E-state index in [4.69, 9.17) is 19.9 Å². The molecule has 0 spiro atoms. The van der Waals surface area contributed by atoms with Crippen molar-refractivity contribution in [2.75, 3.05) is 20.8 Å². The Morgan fingerprint density at radius 1 is 1.26 bits per heavy atom. The smallest absolute Gasteiger partial charge is 0.123 e. The highest BCUT2D eigenvalue weighted by molar-refractivity contribution is 5.42. The second kappa shape index (κ2) is 6.26. The van der Waals surface area contributed by atoms with Gasteiger partial charge in [0.2, 0.25) is 0 Å². The SMILES string of the molecule is CCOC(C1CC1)C(N)c1cc(OC)ccc1OC. The molecule has 0 aromatic heterocycles. The molecular formula is C15H23NO3. The fourth-order valence-electron chi connectivity index (χ4n) is 2.43. The Morgan fingerprint density at radius 2 is 2.00 bits per heavy atom. The zero-order valence-electron chi connectivity index (χ0n) is 11.9. The lowest BCUT2D eigenvalue weighted by molar-refractivity contribution is 0.0277. The van der Waals surface area contributed by atoms with Gasteiger partial charge in [-0.3, -0.25) is 0 Å². The van der Waals surface area contributed by atoms with Crippen LogP contribution in [0.2, 0.25) is 0 Å². The summed E-state index contributed by atoms with van der Waals surface area (Å²) < 4.78 is 16.5. The molecule has 1 aliphatic rings. The Hall–Kier alpha value is -1.26. The Kier molecular flexibility index (Phi) is 4.66. The number of nitrogens with two attached hydrogens (primary N) is 1. The van der Waals surface area contributed by atoms with Gasteiger partial charge in [-0.15, -0.1) is 0 Å². The van der Waals surface area contributed by atoms with E-state index in [0.29, 0.717) is 12.5 Å². The molecule has 106 valence electrons. The first kappa shape index (κ1) is 14.2. The predicted octanol–water partition coefficient (Wildman–Crippen LogP) is 2.52. The molecule has 0 amide bonds. The lowest BCUT2D eigenvalue weighted by atomic mass is 9.97. The maximum absolute atomic E-state index is 6.41. The first-order valence-electron chi connectivity index (χ1n) is 6.80. The van der Waals surface area contributed by atoms with E-state index in [1.165, 1.54) is 12.8 Å². The maximum Gasteiger partial charge on any atom is 0.123 e. The summed E-state index contributed by atoms with van der Waals surface area (Å²) in [7, 11) is 3.31. The van der Waals surface area contributed by atoms with Crippen LogP contribution in [0.4, 0.5) is 0 Å². The molecule has 2 N–H and O–H groups in total. The average Bonchev–Trinajstić information content (AvgIpc) is 3.27. The third-order valence-electron chi connectivity index (χ3n) is 3.60. The van der Waals surface area contributed by atoms with Crippen LogP contribution in [0.5, 0.6) is 11.5 Å². The third kappa shape index (κ3) is 3.19. The molecule has 1 aromatic carbocycles. The number of hydrogen-bond acceptors (Lipinski definition) is 4. The third-order valence-corrected chi connectivity index (χ3v) is 3.60. The van der Waals surface area contributed by atoms with Gasteiger partial charge in [0.25, 0.3) is 0 Å². The van der Waals surface area contributed by atoms with Crippen LogP contribution in [0.1, 0.15) is 31.4 Å². The summed E-state index contributed by atoms with van der Waals surface area (Å²) in [6, 6.07) is 5.53. The minimum atomic E-state index is -0.183. The molecule has 19 heavy (non-hydrogen) atoms. The minimum absolute atomic E-state index is 0.0611. The van der Waals surface area contributed by atoms with E-state index in [2.05, 4.69) is 0 Å². The monoisotopic (exact) mass is 265 g/mol. The summed E-state index contributed by atoms with van der Waals surface area (Å²) in [4.78, 5) is 0.